The lowest BCUT2D eigenvalue weighted by molar-refractivity contribution is -0.135. The van der Waals surface area contributed by atoms with Gasteiger partial charge in [-0.15, -0.1) is 0 Å². The smallest absolute Gasteiger partial charge is 0.245 e. The topological polar surface area (TPSA) is 77.0 Å². The van der Waals surface area contributed by atoms with Gasteiger partial charge in [-0.2, -0.15) is 4.98 Å². The fourth-order valence-electron chi connectivity index (χ4n) is 2.90. The Morgan fingerprint density at radius 2 is 2.14 bits per heavy atom. The molecule has 1 atom stereocenters. The summed E-state index contributed by atoms with van der Waals surface area (Å²) in [7, 11) is 0. The molecule has 1 amide bonds. The van der Waals surface area contributed by atoms with Crippen LogP contribution in [0.3, 0.4) is 0 Å². The molecule has 0 aromatic carbocycles. The van der Waals surface area contributed by atoms with E-state index in [1.807, 2.05) is 29.5 Å². The number of piperidine rings is 1. The van der Waals surface area contributed by atoms with E-state index in [1.165, 1.54) is 6.39 Å². The van der Waals surface area contributed by atoms with E-state index in [2.05, 4.69) is 15.1 Å². The van der Waals surface area contributed by atoms with Crippen molar-refractivity contribution >= 4 is 5.91 Å². The van der Waals surface area contributed by atoms with Crippen LogP contribution in [0.5, 0.6) is 0 Å². The summed E-state index contributed by atoms with van der Waals surface area (Å²) in [4.78, 5) is 22.8. The Morgan fingerprint density at radius 1 is 1.38 bits per heavy atom. The zero-order chi connectivity index (χ0) is 14.8. The molecule has 112 valence electrons. The van der Waals surface area contributed by atoms with Crippen LogP contribution in [0.1, 0.15) is 43.4 Å². The van der Waals surface area contributed by atoms with Gasteiger partial charge in [0.1, 0.15) is 11.9 Å². The maximum atomic E-state index is 12.6. The molecule has 3 rings (SSSR count). The van der Waals surface area contributed by atoms with Gasteiger partial charge in [-0.1, -0.05) is 5.16 Å². The van der Waals surface area contributed by atoms with Gasteiger partial charge in [0, 0.05) is 31.4 Å². The normalized spacial score (nSPS) is 17.9. The van der Waals surface area contributed by atoms with Crippen molar-refractivity contribution in [2.45, 2.75) is 38.6 Å². The van der Waals surface area contributed by atoms with E-state index < -0.39 is 0 Å². The second-order valence-electron chi connectivity index (χ2n) is 5.45. The molecule has 3 heterocycles. The van der Waals surface area contributed by atoms with Crippen LogP contribution in [0, 0.1) is 6.92 Å². The number of likely N-dealkylation sites (tertiary alicyclic amines) is 1. The van der Waals surface area contributed by atoms with E-state index in [4.69, 9.17) is 4.52 Å². The third-order valence-corrected chi connectivity index (χ3v) is 4.19. The lowest BCUT2D eigenvalue weighted by Crippen LogP contribution is -2.41. The molecule has 0 spiro atoms. The Balaban J connectivity index is 1.61. The van der Waals surface area contributed by atoms with Crippen molar-refractivity contribution < 1.29 is 9.32 Å². The lowest BCUT2D eigenvalue weighted by Gasteiger charge is -2.32. The first-order valence-electron chi connectivity index (χ1n) is 7.21. The fourth-order valence-corrected chi connectivity index (χ4v) is 2.90. The molecule has 21 heavy (non-hydrogen) atoms. The SMILES string of the molecule is Cc1nccn1[C@H](C)C(=O)N1CCC(c2ncon2)CC1. The highest BCUT2D eigenvalue weighted by molar-refractivity contribution is 5.80. The summed E-state index contributed by atoms with van der Waals surface area (Å²) in [6, 6.07) is -0.214. The number of amides is 1. The molecule has 1 aliphatic rings. The molecule has 0 N–H and O–H groups in total. The van der Waals surface area contributed by atoms with Crippen molar-refractivity contribution in [2.75, 3.05) is 13.1 Å². The van der Waals surface area contributed by atoms with Gasteiger partial charge in [0.15, 0.2) is 5.82 Å². The minimum absolute atomic E-state index is 0.141. The number of aromatic nitrogens is 4. The second-order valence-corrected chi connectivity index (χ2v) is 5.45. The number of carbonyl (C=O) groups is 1. The summed E-state index contributed by atoms with van der Waals surface area (Å²) in [5.41, 5.74) is 0. The summed E-state index contributed by atoms with van der Waals surface area (Å²) < 4.78 is 6.70. The van der Waals surface area contributed by atoms with Crippen molar-refractivity contribution in [2.24, 2.45) is 0 Å². The van der Waals surface area contributed by atoms with Crippen molar-refractivity contribution in [3.05, 3.63) is 30.4 Å². The van der Waals surface area contributed by atoms with Gasteiger partial charge in [-0.05, 0) is 26.7 Å². The zero-order valence-corrected chi connectivity index (χ0v) is 12.3. The van der Waals surface area contributed by atoms with Crippen LogP contribution < -0.4 is 0 Å². The van der Waals surface area contributed by atoms with Crippen LogP contribution in [0.25, 0.3) is 0 Å². The van der Waals surface area contributed by atoms with Crippen LogP contribution >= 0.6 is 0 Å². The Kier molecular flexibility index (Phi) is 3.72. The molecule has 1 aliphatic heterocycles. The quantitative estimate of drug-likeness (QED) is 0.856. The molecule has 2 aromatic rings. The largest absolute Gasteiger partial charge is 0.343 e. The predicted molar refractivity (Wildman–Crippen MR) is 74.5 cm³/mol. The molecule has 7 nitrogen and oxygen atoms in total. The first-order chi connectivity index (χ1) is 10.2. The Bertz CT molecular complexity index is 599. The minimum Gasteiger partial charge on any atom is -0.343 e. The monoisotopic (exact) mass is 289 g/mol. The van der Waals surface area contributed by atoms with E-state index in [1.54, 1.807) is 6.20 Å². The molecule has 0 radical (unpaired) electrons. The summed E-state index contributed by atoms with van der Waals surface area (Å²) in [5, 5.41) is 3.90. The number of hydrogen-bond donors (Lipinski definition) is 0. The fraction of sp³-hybridized carbons (Fsp3) is 0.571. The maximum absolute atomic E-state index is 12.6. The van der Waals surface area contributed by atoms with E-state index in [0.717, 1.165) is 37.6 Å². The first-order valence-corrected chi connectivity index (χ1v) is 7.21. The average molecular weight is 289 g/mol. The van der Waals surface area contributed by atoms with Crippen LogP contribution in [0.4, 0.5) is 0 Å². The van der Waals surface area contributed by atoms with Crippen molar-refractivity contribution in [1.82, 2.24) is 24.6 Å². The molecule has 0 unspecified atom stereocenters. The van der Waals surface area contributed by atoms with Crippen molar-refractivity contribution in [1.29, 1.82) is 0 Å². The second kappa shape index (κ2) is 5.67. The third kappa shape index (κ3) is 2.68. The van der Waals surface area contributed by atoms with E-state index in [-0.39, 0.29) is 17.9 Å². The average Bonchev–Trinajstić information content (AvgIpc) is 3.17. The summed E-state index contributed by atoms with van der Waals surface area (Å²) in [6.07, 6.45) is 6.68. The van der Waals surface area contributed by atoms with Gasteiger partial charge < -0.3 is 14.0 Å². The van der Waals surface area contributed by atoms with E-state index in [0.29, 0.717) is 0 Å². The van der Waals surface area contributed by atoms with Crippen LogP contribution in [-0.4, -0.2) is 43.6 Å². The van der Waals surface area contributed by atoms with Crippen LogP contribution in [-0.2, 0) is 4.79 Å². The number of carbonyl (C=O) groups excluding carboxylic acids is 1. The highest BCUT2D eigenvalue weighted by Crippen LogP contribution is 2.26. The molecule has 0 bridgehead atoms. The molecule has 7 heteroatoms. The number of aryl methyl sites for hydroxylation is 1. The maximum Gasteiger partial charge on any atom is 0.245 e. The van der Waals surface area contributed by atoms with Gasteiger partial charge in [-0.25, -0.2) is 4.98 Å². The molecule has 0 saturated carbocycles. The van der Waals surface area contributed by atoms with Crippen molar-refractivity contribution in [3.8, 4) is 0 Å². The standard InChI is InChI=1S/C14H19N5O2/c1-10(19-8-5-15-11(19)2)14(20)18-6-3-12(4-7-18)13-16-9-21-17-13/h5,8-10,12H,3-4,6-7H2,1-2H3/t10-/m1/s1. The minimum atomic E-state index is -0.214. The first kappa shape index (κ1) is 13.8. The van der Waals surface area contributed by atoms with Gasteiger partial charge in [0.05, 0.1) is 0 Å². The van der Waals surface area contributed by atoms with Crippen LogP contribution in [0.2, 0.25) is 0 Å². The van der Waals surface area contributed by atoms with Gasteiger partial charge in [0.25, 0.3) is 0 Å². The number of hydrogen-bond acceptors (Lipinski definition) is 5. The molecule has 2 aromatic heterocycles. The Hall–Kier alpha value is -2.18. The van der Waals surface area contributed by atoms with E-state index in [9.17, 15) is 4.79 Å². The van der Waals surface area contributed by atoms with Gasteiger partial charge in [0.2, 0.25) is 12.3 Å². The highest BCUT2D eigenvalue weighted by Gasteiger charge is 2.29. The lowest BCUT2D eigenvalue weighted by atomic mass is 9.96. The molecular formula is C14H19N5O2. The van der Waals surface area contributed by atoms with Gasteiger partial charge in [-0.3, -0.25) is 4.79 Å². The van der Waals surface area contributed by atoms with E-state index >= 15 is 0 Å². The number of nitrogens with zero attached hydrogens (tertiary/aromatic N) is 5. The molecule has 1 saturated heterocycles. The number of rotatable bonds is 3. The summed E-state index contributed by atoms with van der Waals surface area (Å²) >= 11 is 0. The number of imidazole rings is 1. The predicted octanol–water partition coefficient (Wildman–Crippen LogP) is 1.54. The van der Waals surface area contributed by atoms with Gasteiger partial charge >= 0.3 is 0 Å². The van der Waals surface area contributed by atoms with Crippen molar-refractivity contribution in [3.63, 3.8) is 0 Å². The molecule has 0 aliphatic carbocycles. The molecular weight excluding hydrogens is 270 g/mol. The molecule has 1 fully saturated rings. The van der Waals surface area contributed by atoms with Crippen LogP contribution in [0.15, 0.2) is 23.3 Å². The highest BCUT2D eigenvalue weighted by atomic mass is 16.5. The third-order valence-electron chi connectivity index (χ3n) is 4.19. The zero-order valence-electron chi connectivity index (χ0n) is 12.3. The summed E-state index contributed by atoms with van der Waals surface area (Å²) in [5.74, 6) is 2.04. The summed E-state index contributed by atoms with van der Waals surface area (Å²) in [6.45, 7) is 5.29. The Morgan fingerprint density at radius 3 is 2.71 bits per heavy atom. The Labute approximate surface area is 123 Å².